The van der Waals surface area contributed by atoms with E-state index in [1.807, 2.05) is 55.1 Å². The molecule has 6 nitrogen and oxygen atoms in total. The number of carbonyl (C=O) groups excluding carboxylic acids is 2. The summed E-state index contributed by atoms with van der Waals surface area (Å²) in [6.45, 7) is 6.84. The standard InChI is InChI=1S/C23H26N4O2/c1-17-8-9-18(2)21(16-17)27-22(28)11-10-20(24-27)23(29)26-14-12-25(13-15-26)19-6-4-3-5-7-19/h3-9,16H,10-15H2,1-2H3. The summed E-state index contributed by atoms with van der Waals surface area (Å²) < 4.78 is 0. The molecule has 1 fully saturated rings. The number of anilines is 2. The van der Waals surface area contributed by atoms with E-state index in [2.05, 4.69) is 22.1 Å². The zero-order valence-corrected chi connectivity index (χ0v) is 17.0. The second-order valence-electron chi connectivity index (χ2n) is 7.66. The molecule has 0 spiro atoms. The van der Waals surface area contributed by atoms with Gasteiger partial charge in [-0.05, 0) is 43.2 Å². The second kappa shape index (κ2) is 8.07. The minimum Gasteiger partial charge on any atom is -0.368 e. The van der Waals surface area contributed by atoms with Crippen molar-refractivity contribution in [2.75, 3.05) is 36.1 Å². The van der Waals surface area contributed by atoms with E-state index in [-0.39, 0.29) is 11.8 Å². The lowest BCUT2D eigenvalue weighted by Gasteiger charge is -2.36. The van der Waals surface area contributed by atoms with Crippen molar-refractivity contribution in [3.8, 4) is 0 Å². The van der Waals surface area contributed by atoms with Crippen LogP contribution < -0.4 is 9.91 Å². The summed E-state index contributed by atoms with van der Waals surface area (Å²) in [5, 5.41) is 5.90. The molecule has 2 aliphatic heterocycles. The molecule has 0 saturated carbocycles. The molecular weight excluding hydrogens is 364 g/mol. The van der Waals surface area contributed by atoms with Crippen LogP contribution in [-0.4, -0.2) is 48.6 Å². The third kappa shape index (κ3) is 4.01. The van der Waals surface area contributed by atoms with Crippen molar-refractivity contribution in [1.82, 2.24) is 4.90 Å². The normalized spacial score (nSPS) is 17.4. The van der Waals surface area contributed by atoms with Crippen molar-refractivity contribution in [3.05, 3.63) is 59.7 Å². The number of aryl methyl sites for hydroxylation is 2. The minimum atomic E-state index is -0.0656. The number of hydrogen-bond acceptors (Lipinski definition) is 4. The summed E-state index contributed by atoms with van der Waals surface area (Å²) in [6.07, 6.45) is 0.708. The summed E-state index contributed by atoms with van der Waals surface area (Å²) in [5.41, 5.74) is 4.44. The summed E-state index contributed by atoms with van der Waals surface area (Å²) >= 11 is 0. The van der Waals surface area contributed by atoms with E-state index in [1.54, 1.807) is 0 Å². The van der Waals surface area contributed by atoms with Crippen LogP contribution in [0.15, 0.2) is 53.6 Å². The summed E-state index contributed by atoms with van der Waals surface area (Å²) in [7, 11) is 0. The molecule has 29 heavy (non-hydrogen) atoms. The van der Waals surface area contributed by atoms with Gasteiger partial charge in [0.05, 0.1) is 5.69 Å². The van der Waals surface area contributed by atoms with Gasteiger partial charge in [-0.3, -0.25) is 9.59 Å². The minimum absolute atomic E-state index is 0.0551. The molecule has 0 radical (unpaired) electrons. The van der Waals surface area contributed by atoms with E-state index in [1.165, 1.54) is 10.7 Å². The van der Waals surface area contributed by atoms with E-state index >= 15 is 0 Å². The molecule has 0 aromatic heterocycles. The van der Waals surface area contributed by atoms with Crippen molar-refractivity contribution in [1.29, 1.82) is 0 Å². The van der Waals surface area contributed by atoms with Crippen LogP contribution >= 0.6 is 0 Å². The maximum atomic E-state index is 13.1. The number of para-hydroxylation sites is 1. The molecule has 0 N–H and O–H groups in total. The fourth-order valence-corrected chi connectivity index (χ4v) is 3.83. The van der Waals surface area contributed by atoms with Crippen molar-refractivity contribution in [2.24, 2.45) is 5.10 Å². The smallest absolute Gasteiger partial charge is 0.270 e. The van der Waals surface area contributed by atoms with Gasteiger partial charge in [0.25, 0.3) is 5.91 Å². The lowest BCUT2D eigenvalue weighted by Crippen LogP contribution is -2.51. The molecular formula is C23H26N4O2. The molecule has 0 unspecified atom stereocenters. The molecule has 6 heteroatoms. The molecule has 2 amide bonds. The Morgan fingerprint density at radius 2 is 1.66 bits per heavy atom. The average molecular weight is 390 g/mol. The number of rotatable bonds is 3. The number of nitrogens with zero attached hydrogens (tertiary/aromatic N) is 4. The van der Waals surface area contributed by atoms with Crippen LogP contribution in [0.5, 0.6) is 0 Å². The van der Waals surface area contributed by atoms with Crippen LogP contribution in [0.4, 0.5) is 11.4 Å². The van der Waals surface area contributed by atoms with Crippen molar-refractivity contribution < 1.29 is 9.59 Å². The molecule has 0 atom stereocenters. The molecule has 0 bridgehead atoms. The predicted octanol–water partition coefficient (Wildman–Crippen LogP) is 3.14. The number of benzene rings is 2. The van der Waals surface area contributed by atoms with Crippen LogP contribution in [0.3, 0.4) is 0 Å². The molecule has 150 valence electrons. The third-order valence-electron chi connectivity index (χ3n) is 5.56. The van der Waals surface area contributed by atoms with Gasteiger partial charge >= 0.3 is 0 Å². The quantitative estimate of drug-likeness (QED) is 0.809. The van der Waals surface area contributed by atoms with E-state index in [9.17, 15) is 9.59 Å². The first-order chi connectivity index (χ1) is 14.0. The van der Waals surface area contributed by atoms with E-state index in [0.717, 1.165) is 29.9 Å². The van der Waals surface area contributed by atoms with E-state index < -0.39 is 0 Å². The highest BCUT2D eigenvalue weighted by Gasteiger charge is 2.30. The van der Waals surface area contributed by atoms with Crippen LogP contribution in [0, 0.1) is 13.8 Å². The fraction of sp³-hybridized carbons (Fsp3) is 0.348. The van der Waals surface area contributed by atoms with Gasteiger partial charge in [0.2, 0.25) is 5.91 Å². The number of piperazine rings is 1. The van der Waals surface area contributed by atoms with Gasteiger partial charge in [0, 0.05) is 44.7 Å². The highest BCUT2D eigenvalue weighted by Crippen LogP contribution is 2.26. The van der Waals surface area contributed by atoms with Crippen LogP contribution in [0.1, 0.15) is 24.0 Å². The maximum absolute atomic E-state index is 13.1. The van der Waals surface area contributed by atoms with Crippen LogP contribution in [0.2, 0.25) is 0 Å². The van der Waals surface area contributed by atoms with Gasteiger partial charge in [-0.25, -0.2) is 5.01 Å². The highest BCUT2D eigenvalue weighted by atomic mass is 16.2. The fourth-order valence-electron chi connectivity index (χ4n) is 3.83. The predicted molar refractivity (Wildman–Crippen MR) is 115 cm³/mol. The number of amides is 2. The molecule has 0 aliphatic carbocycles. The van der Waals surface area contributed by atoms with Gasteiger partial charge < -0.3 is 9.80 Å². The van der Waals surface area contributed by atoms with Crippen molar-refractivity contribution >= 4 is 28.9 Å². The first-order valence-corrected chi connectivity index (χ1v) is 10.1. The Balaban J connectivity index is 1.48. The van der Waals surface area contributed by atoms with E-state index in [4.69, 9.17) is 0 Å². The van der Waals surface area contributed by atoms with Crippen molar-refractivity contribution in [3.63, 3.8) is 0 Å². The Labute approximate surface area is 171 Å². The Morgan fingerprint density at radius 1 is 0.931 bits per heavy atom. The zero-order valence-electron chi connectivity index (χ0n) is 17.0. The Morgan fingerprint density at radius 3 is 2.38 bits per heavy atom. The summed E-state index contributed by atoms with van der Waals surface area (Å²) in [6, 6.07) is 16.2. The zero-order chi connectivity index (χ0) is 20.4. The van der Waals surface area contributed by atoms with Crippen LogP contribution in [-0.2, 0) is 9.59 Å². The molecule has 2 aromatic rings. The first kappa shape index (κ1) is 19.2. The van der Waals surface area contributed by atoms with Crippen LogP contribution in [0.25, 0.3) is 0 Å². The van der Waals surface area contributed by atoms with Gasteiger partial charge in [-0.2, -0.15) is 5.10 Å². The summed E-state index contributed by atoms with van der Waals surface area (Å²) in [4.78, 5) is 29.7. The second-order valence-corrected chi connectivity index (χ2v) is 7.66. The maximum Gasteiger partial charge on any atom is 0.270 e. The topological polar surface area (TPSA) is 56.2 Å². The van der Waals surface area contributed by atoms with Gasteiger partial charge in [0.1, 0.15) is 5.71 Å². The Hall–Kier alpha value is -3.15. The molecule has 4 rings (SSSR count). The van der Waals surface area contributed by atoms with Gasteiger partial charge in [-0.15, -0.1) is 0 Å². The highest BCUT2D eigenvalue weighted by molar-refractivity contribution is 6.40. The first-order valence-electron chi connectivity index (χ1n) is 10.1. The number of carbonyl (C=O) groups is 2. The number of hydrogen-bond donors (Lipinski definition) is 0. The van der Waals surface area contributed by atoms with E-state index in [0.29, 0.717) is 31.6 Å². The van der Waals surface area contributed by atoms with Gasteiger partial charge in [0.15, 0.2) is 0 Å². The lowest BCUT2D eigenvalue weighted by atomic mass is 10.1. The van der Waals surface area contributed by atoms with Crippen molar-refractivity contribution in [2.45, 2.75) is 26.7 Å². The third-order valence-corrected chi connectivity index (χ3v) is 5.56. The Bertz CT molecular complexity index is 947. The number of hydrazone groups is 1. The molecule has 2 aromatic carbocycles. The van der Waals surface area contributed by atoms with Gasteiger partial charge in [-0.1, -0.05) is 30.3 Å². The molecule has 2 aliphatic rings. The molecule has 2 heterocycles. The largest absolute Gasteiger partial charge is 0.368 e. The Kier molecular flexibility index (Phi) is 5.34. The molecule has 1 saturated heterocycles. The average Bonchev–Trinajstić information content (AvgIpc) is 2.76. The monoisotopic (exact) mass is 390 g/mol. The summed E-state index contributed by atoms with van der Waals surface area (Å²) in [5.74, 6) is -0.121. The SMILES string of the molecule is Cc1ccc(C)c(N2N=C(C(=O)N3CCN(c4ccccc4)CC3)CCC2=O)c1. The lowest BCUT2D eigenvalue weighted by molar-refractivity contribution is -0.124.